The third-order valence-electron chi connectivity index (χ3n) is 5.74. The van der Waals surface area contributed by atoms with Gasteiger partial charge in [0.25, 0.3) is 0 Å². The van der Waals surface area contributed by atoms with Crippen LogP contribution in [0.4, 0.5) is 0 Å². The van der Waals surface area contributed by atoms with Crippen molar-refractivity contribution in [3.8, 4) is 22.4 Å². The molecule has 0 bridgehead atoms. The molecule has 0 spiro atoms. The highest BCUT2D eigenvalue weighted by Gasteiger charge is 2.28. The molecule has 2 heteroatoms. The monoisotopic (exact) mass is 346 g/mol. The number of benzene rings is 1. The maximum Gasteiger partial charge on any atom is 0.0843 e. The number of aromatic nitrogens is 2. The minimum absolute atomic E-state index is 0.199. The maximum absolute atomic E-state index is 8.48. The molecule has 2 heterocycles. The first-order valence-electron chi connectivity index (χ1n) is 12.4. The van der Waals surface area contributed by atoms with Gasteiger partial charge in [0.15, 0.2) is 0 Å². The molecule has 1 fully saturated rings. The summed E-state index contributed by atoms with van der Waals surface area (Å²) in [4.78, 5) is 8.98. The fraction of sp³-hybridized carbons (Fsp3) is 0.333. The van der Waals surface area contributed by atoms with Crippen LogP contribution >= 0.6 is 0 Å². The molecular formula is C24H24N2. The van der Waals surface area contributed by atoms with Crippen LogP contribution in [0.1, 0.15) is 68.6 Å². The van der Waals surface area contributed by atoms with E-state index in [2.05, 4.69) is 11.1 Å². The van der Waals surface area contributed by atoms with Crippen LogP contribution in [0, 0.1) is 6.85 Å². The van der Waals surface area contributed by atoms with Gasteiger partial charge in [-0.1, -0.05) is 43.5 Å². The highest BCUT2D eigenvalue weighted by atomic mass is 14.7. The molecule has 1 saturated carbocycles. The normalized spacial score (nSPS) is 20.2. The number of rotatable bonds is 2. The second-order valence-electron chi connectivity index (χ2n) is 7.26. The summed E-state index contributed by atoms with van der Waals surface area (Å²) in [5, 5.41) is 0. The summed E-state index contributed by atoms with van der Waals surface area (Å²) in [5.41, 5.74) is 6.05. The topological polar surface area (TPSA) is 25.8 Å². The molecule has 0 saturated heterocycles. The molecule has 0 N–H and O–H groups in total. The fourth-order valence-electron chi connectivity index (χ4n) is 4.52. The van der Waals surface area contributed by atoms with E-state index in [1.165, 1.54) is 30.5 Å². The fourth-order valence-corrected chi connectivity index (χ4v) is 4.52. The average Bonchev–Trinajstić information content (AvgIpc) is 3.15. The molecule has 0 amide bonds. The van der Waals surface area contributed by atoms with Crippen molar-refractivity contribution in [1.82, 2.24) is 9.97 Å². The predicted molar refractivity (Wildman–Crippen MR) is 106 cm³/mol. The summed E-state index contributed by atoms with van der Waals surface area (Å²) >= 11 is 0. The van der Waals surface area contributed by atoms with Crippen molar-refractivity contribution in [2.24, 2.45) is 0 Å². The third kappa shape index (κ3) is 2.56. The minimum atomic E-state index is -2.65. The van der Waals surface area contributed by atoms with Gasteiger partial charge in [0.05, 0.1) is 9.81 Å². The Labute approximate surface area is 163 Å². The lowest BCUT2D eigenvalue weighted by atomic mass is 9.84. The number of fused-ring (bicyclic) bond motifs is 3. The molecule has 2 aliphatic rings. The van der Waals surface area contributed by atoms with Crippen LogP contribution < -0.4 is 0 Å². The van der Waals surface area contributed by atoms with E-state index in [4.69, 9.17) is 13.2 Å². The Morgan fingerprint density at radius 1 is 0.962 bits per heavy atom. The molecule has 0 radical (unpaired) electrons. The van der Waals surface area contributed by atoms with Gasteiger partial charge in [-0.15, -0.1) is 0 Å². The van der Waals surface area contributed by atoms with Crippen molar-refractivity contribution in [1.29, 1.82) is 0 Å². The van der Waals surface area contributed by atoms with Gasteiger partial charge in [0, 0.05) is 40.1 Å². The van der Waals surface area contributed by atoms with Gasteiger partial charge in [-0.3, -0.25) is 9.97 Å². The Balaban J connectivity index is 1.64. The van der Waals surface area contributed by atoms with Crippen molar-refractivity contribution < 1.29 is 8.22 Å². The molecular weight excluding hydrogens is 316 g/mol. The van der Waals surface area contributed by atoms with Crippen molar-refractivity contribution in [2.75, 3.05) is 0 Å². The molecule has 130 valence electrons. The Kier molecular flexibility index (Phi) is 2.59. The van der Waals surface area contributed by atoms with E-state index in [0.717, 1.165) is 29.5 Å². The molecule has 2 nitrogen and oxygen atoms in total. The van der Waals surface area contributed by atoms with Crippen molar-refractivity contribution in [3.05, 3.63) is 71.1 Å². The van der Waals surface area contributed by atoms with Crippen LogP contribution in [0.5, 0.6) is 0 Å². The van der Waals surface area contributed by atoms with Crippen molar-refractivity contribution in [3.63, 3.8) is 0 Å². The zero-order chi connectivity index (χ0) is 22.6. The second kappa shape index (κ2) is 6.35. The lowest BCUT2D eigenvalue weighted by molar-refractivity contribution is 0.435. The van der Waals surface area contributed by atoms with Crippen LogP contribution in [-0.2, 0) is 6.42 Å². The van der Waals surface area contributed by atoms with Crippen LogP contribution in [0.15, 0.2) is 48.7 Å². The minimum Gasteiger partial charge on any atom is -0.261 e. The van der Waals surface area contributed by atoms with Crippen LogP contribution in [0.2, 0.25) is 0 Å². The molecule has 5 rings (SSSR count). The zero-order valence-corrected chi connectivity index (χ0v) is 14.6. The van der Waals surface area contributed by atoms with Gasteiger partial charge in [-0.25, -0.2) is 0 Å². The van der Waals surface area contributed by atoms with E-state index in [9.17, 15) is 0 Å². The molecule has 0 aliphatic heterocycles. The second-order valence-corrected chi connectivity index (χ2v) is 7.26. The van der Waals surface area contributed by atoms with Crippen LogP contribution in [-0.4, -0.2) is 9.97 Å². The summed E-state index contributed by atoms with van der Waals surface area (Å²) < 4.78 is 47.8. The quantitative estimate of drug-likeness (QED) is 0.440. The lowest BCUT2D eigenvalue weighted by Crippen LogP contribution is -2.09. The smallest absolute Gasteiger partial charge is 0.0843 e. The zero-order valence-electron chi connectivity index (χ0n) is 20.6. The highest BCUT2D eigenvalue weighted by molar-refractivity contribution is 5.84. The number of hydrogen-bond donors (Lipinski definition) is 0. The lowest BCUT2D eigenvalue weighted by Gasteiger charge is -2.23. The van der Waals surface area contributed by atoms with E-state index in [1.807, 2.05) is 24.4 Å². The number of hydrogen-bond acceptors (Lipinski definition) is 2. The summed E-state index contributed by atoms with van der Waals surface area (Å²) in [6, 6.07) is 7.15. The van der Waals surface area contributed by atoms with E-state index >= 15 is 0 Å². The summed E-state index contributed by atoms with van der Waals surface area (Å²) in [6.45, 7) is -2.65. The van der Waals surface area contributed by atoms with Gasteiger partial charge in [-0.05, 0) is 59.6 Å². The van der Waals surface area contributed by atoms with E-state index in [0.29, 0.717) is 17.9 Å². The van der Waals surface area contributed by atoms with Crippen molar-refractivity contribution >= 4 is 0 Å². The van der Waals surface area contributed by atoms with E-state index in [-0.39, 0.29) is 11.7 Å². The van der Waals surface area contributed by atoms with Gasteiger partial charge in [-0.2, -0.15) is 0 Å². The van der Waals surface area contributed by atoms with Gasteiger partial charge in [0.2, 0.25) is 0 Å². The largest absolute Gasteiger partial charge is 0.261 e. The Hall–Kier alpha value is -2.48. The van der Waals surface area contributed by atoms with Gasteiger partial charge < -0.3 is 0 Å². The number of pyridine rings is 2. The molecule has 1 aromatic carbocycles. The Morgan fingerprint density at radius 2 is 1.81 bits per heavy atom. The third-order valence-corrected chi connectivity index (χ3v) is 5.74. The first-order chi connectivity index (χ1) is 15.3. The molecule has 3 aromatic rings. The van der Waals surface area contributed by atoms with Crippen molar-refractivity contribution in [2.45, 2.75) is 51.3 Å². The Bertz CT molecular complexity index is 1210. The highest BCUT2D eigenvalue weighted by Crippen LogP contribution is 2.45. The summed E-state index contributed by atoms with van der Waals surface area (Å²) in [7, 11) is 0. The first kappa shape index (κ1) is 10.6. The van der Waals surface area contributed by atoms with Crippen LogP contribution in [0.25, 0.3) is 22.4 Å². The maximum atomic E-state index is 8.48. The molecule has 0 atom stereocenters. The first-order valence-corrected chi connectivity index (χ1v) is 9.36. The molecule has 2 aromatic heterocycles. The van der Waals surface area contributed by atoms with Crippen LogP contribution in [0.3, 0.4) is 0 Å². The van der Waals surface area contributed by atoms with Gasteiger partial charge >= 0.3 is 0 Å². The molecule has 0 unspecified atom stereocenters. The Morgan fingerprint density at radius 3 is 2.69 bits per heavy atom. The SMILES string of the molecule is [2H]c1nc(-c2cccc3c2Cc2c-3ccnc2C2CCCCC2)c([2H])c([2H])c1C([2H])([2H])[2H]. The average molecular weight is 347 g/mol. The molecule has 2 aliphatic carbocycles. The predicted octanol–water partition coefficient (Wildman–Crippen LogP) is 6.07. The summed E-state index contributed by atoms with van der Waals surface area (Å²) in [5.74, 6) is 0.472. The summed E-state index contributed by atoms with van der Waals surface area (Å²) in [6.07, 6.45) is 8.16. The van der Waals surface area contributed by atoms with E-state index in [1.54, 1.807) is 0 Å². The number of nitrogens with zero attached hydrogens (tertiary/aromatic N) is 2. The molecule has 26 heavy (non-hydrogen) atoms. The standard InChI is InChI=1S/C24H24N2/c1-16-10-11-23(26-15-16)20-9-5-8-18-19-12-13-25-24(22(19)14-21(18)20)17-6-3-2-4-7-17/h5,8-13,15,17H,2-4,6-7,14H2,1H3/i1D3,10D,11D,15D. The van der Waals surface area contributed by atoms with Gasteiger partial charge in [0.1, 0.15) is 0 Å². The van der Waals surface area contributed by atoms with E-state index < -0.39 is 24.6 Å².